The summed E-state index contributed by atoms with van der Waals surface area (Å²) in [5.74, 6) is -0.709. The standard InChI is InChI=1S/C14H17F2NO/c1-9(2)14(6-5-13(18)17-14)8-10-7-11(15)3-4-12(10)16/h3-4,7,9H,5-6,8H2,1-2H3,(H,17,18). The fourth-order valence-electron chi connectivity index (χ4n) is 2.53. The van der Waals surface area contributed by atoms with E-state index in [2.05, 4.69) is 5.32 Å². The van der Waals surface area contributed by atoms with Gasteiger partial charge in [-0.15, -0.1) is 0 Å². The van der Waals surface area contributed by atoms with Crippen molar-refractivity contribution >= 4 is 5.91 Å². The molecule has 1 aromatic carbocycles. The van der Waals surface area contributed by atoms with E-state index in [1.807, 2.05) is 13.8 Å². The van der Waals surface area contributed by atoms with Gasteiger partial charge >= 0.3 is 0 Å². The fourth-order valence-corrected chi connectivity index (χ4v) is 2.53. The summed E-state index contributed by atoms with van der Waals surface area (Å²) in [6.07, 6.45) is 1.45. The van der Waals surface area contributed by atoms with E-state index in [1.165, 1.54) is 6.07 Å². The Kier molecular flexibility index (Phi) is 3.37. The van der Waals surface area contributed by atoms with E-state index >= 15 is 0 Å². The van der Waals surface area contributed by atoms with Crippen molar-refractivity contribution in [3.63, 3.8) is 0 Å². The Morgan fingerprint density at radius 2 is 2.11 bits per heavy atom. The summed E-state index contributed by atoms with van der Waals surface area (Å²) in [4.78, 5) is 11.4. The summed E-state index contributed by atoms with van der Waals surface area (Å²) in [6, 6.07) is 3.45. The molecule has 1 atom stereocenters. The van der Waals surface area contributed by atoms with Crippen LogP contribution in [0.1, 0.15) is 32.3 Å². The topological polar surface area (TPSA) is 29.1 Å². The van der Waals surface area contributed by atoms with Gasteiger partial charge in [-0.1, -0.05) is 13.8 Å². The molecule has 1 aliphatic heterocycles. The Bertz CT molecular complexity index is 473. The van der Waals surface area contributed by atoms with Crippen LogP contribution in [0.25, 0.3) is 0 Å². The molecule has 0 aliphatic carbocycles. The maximum atomic E-state index is 13.7. The molecule has 0 bridgehead atoms. The highest BCUT2D eigenvalue weighted by atomic mass is 19.1. The first-order valence-electron chi connectivity index (χ1n) is 6.18. The molecule has 1 aliphatic rings. The number of amides is 1. The second-order valence-electron chi connectivity index (χ2n) is 5.27. The van der Waals surface area contributed by atoms with Gasteiger partial charge in [0.15, 0.2) is 0 Å². The first-order valence-corrected chi connectivity index (χ1v) is 6.18. The van der Waals surface area contributed by atoms with Gasteiger partial charge < -0.3 is 5.32 Å². The molecular formula is C14H17F2NO. The lowest BCUT2D eigenvalue weighted by Crippen LogP contribution is -2.48. The van der Waals surface area contributed by atoms with Crippen molar-refractivity contribution in [2.45, 2.75) is 38.6 Å². The lowest BCUT2D eigenvalue weighted by molar-refractivity contribution is -0.120. The molecule has 0 spiro atoms. The van der Waals surface area contributed by atoms with E-state index in [9.17, 15) is 13.6 Å². The third-order valence-corrected chi connectivity index (χ3v) is 3.81. The molecule has 18 heavy (non-hydrogen) atoms. The average Bonchev–Trinajstić information content (AvgIpc) is 2.67. The average molecular weight is 253 g/mol. The maximum Gasteiger partial charge on any atom is 0.220 e. The fraction of sp³-hybridized carbons (Fsp3) is 0.500. The summed E-state index contributed by atoms with van der Waals surface area (Å²) in [6.45, 7) is 3.98. The van der Waals surface area contributed by atoms with E-state index in [0.717, 1.165) is 12.1 Å². The molecule has 1 aromatic rings. The Morgan fingerprint density at radius 1 is 1.39 bits per heavy atom. The normalized spacial score (nSPS) is 23.5. The predicted molar refractivity (Wildman–Crippen MR) is 65.0 cm³/mol. The molecule has 1 fully saturated rings. The molecular weight excluding hydrogens is 236 g/mol. The summed E-state index contributed by atoms with van der Waals surface area (Å²) in [5, 5.41) is 2.93. The molecule has 0 saturated carbocycles. The lowest BCUT2D eigenvalue weighted by atomic mass is 9.79. The van der Waals surface area contributed by atoms with Crippen molar-refractivity contribution in [2.24, 2.45) is 5.92 Å². The first-order chi connectivity index (χ1) is 8.43. The molecule has 0 radical (unpaired) electrons. The van der Waals surface area contributed by atoms with E-state index in [4.69, 9.17) is 0 Å². The van der Waals surface area contributed by atoms with Gasteiger partial charge in [0.05, 0.1) is 0 Å². The third kappa shape index (κ3) is 2.37. The van der Waals surface area contributed by atoms with Gasteiger partial charge in [-0.3, -0.25) is 4.79 Å². The van der Waals surface area contributed by atoms with Crippen LogP contribution in [0.4, 0.5) is 8.78 Å². The molecule has 98 valence electrons. The second-order valence-corrected chi connectivity index (χ2v) is 5.27. The Hall–Kier alpha value is -1.45. The minimum atomic E-state index is -0.453. The molecule has 2 nitrogen and oxygen atoms in total. The minimum Gasteiger partial charge on any atom is -0.350 e. The molecule has 4 heteroatoms. The predicted octanol–water partition coefficient (Wildman–Crippen LogP) is 2.81. The van der Waals surface area contributed by atoms with Gasteiger partial charge in [0.1, 0.15) is 11.6 Å². The zero-order chi connectivity index (χ0) is 13.3. The van der Waals surface area contributed by atoms with Crippen LogP contribution < -0.4 is 5.32 Å². The van der Waals surface area contributed by atoms with Crippen LogP contribution in [0.5, 0.6) is 0 Å². The monoisotopic (exact) mass is 253 g/mol. The summed E-state index contributed by atoms with van der Waals surface area (Å²) < 4.78 is 26.8. The Labute approximate surface area is 105 Å². The Morgan fingerprint density at radius 3 is 2.67 bits per heavy atom. The van der Waals surface area contributed by atoms with Crippen molar-refractivity contribution in [1.29, 1.82) is 0 Å². The van der Waals surface area contributed by atoms with E-state index < -0.39 is 17.2 Å². The van der Waals surface area contributed by atoms with Gasteiger partial charge in [0, 0.05) is 12.0 Å². The summed E-state index contributed by atoms with van der Waals surface area (Å²) in [5.41, 5.74) is -0.128. The highest BCUT2D eigenvalue weighted by molar-refractivity contribution is 5.79. The van der Waals surface area contributed by atoms with Crippen LogP contribution >= 0.6 is 0 Å². The number of carbonyl (C=O) groups excluding carboxylic acids is 1. The van der Waals surface area contributed by atoms with Crippen molar-refractivity contribution in [3.05, 3.63) is 35.4 Å². The number of nitrogens with one attached hydrogen (secondary N) is 1. The number of halogens is 2. The van der Waals surface area contributed by atoms with Crippen LogP contribution in [-0.2, 0) is 11.2 Å². The van der Waals surface area contributed by atoms with Gasteiger partial charge in [-0.2, -0.15) is 0 Å². The first kappa shape index (κ1) is 13.0. The highest BCUT2D eigenvalue weighted by Crippen LogP contribution is 2.32. The number of hydrogen-bond donors (Lipinski definition) is 1. The van der Waals surface area contributed by atoms with Crippen molar-refractivity contribution in [2.75, 3.05) is 0 Å². The van der Waals surface area contributed by atoms with Crippen LogP contribution in [-0.4, -0.2) is 11.4 Å². The maximum absolute atomic E-state index is 13.7. The largest absolute Gasteiger partial charge is 0.350 e. The van der Waals surface area contributed by atoms with Crippen molar-refractivity contribution in [1.82, 2.24) is 5.32 Å². The van der Waals surface area contributed by atoms with Gasteiger partial charge in [0.25, 0.3) is 0 Å². The van der Waals surface area contributed by atoms with Gasteiger partial charge in [0.2, 0.25) is 5.91 Å². The quantitative estimate of drug-likeness (QED) is 0.881. The van der Waals surface area contributed by atoms with Gasteiger partial charge in [-0.05, 0) is 42.5 Å². The number of benzene rings is 1. The molecule has 1 N–H and O–H groups in total. The highest BCUT2D eigenvalue weighted by Gasteiger charge is 2.40. The zero-order valence-electron chi connectivity index (χ0n) is 10.6. The molecule has 1 heterocycles. The van der Waals surface area contributed by atoms with Gasteiger partial charge in [-0.25, -0.2) is 8.78 Å². The number of carbonyl (C=O) groups is 1. The molecule has 1 saturated heterocycles. The van der Waals surface area contributed by atoms with Crippen molar-refractivity contribution in [3.8, 4) is 0 Å². The second kappa shape index (κ2) is 4.67. The number of rotatable bonds is 3. The van der Waals surface area contributed by atoms with E-state index in [-0.39, 0.29) is 11.8 Å². The summed E-state index contributed by atoms with van der Waals surface area (Å²) >= 11 is 0. The van der Waals surface area contributed by atoms with Crippen LogP contribution in [0.15, 0.2) is 18.2 Å². The van der Waals surface area contributed by atoms with E-state index in [1.54, 1.807) is 0 Å². The molecule has 0 aromatic heterocycles. The third-order valence-electron chi connectivity index (χ3n) is 3.81. The van der Waals surface area contributed by atoms with Crippen LogP contribution in [0, 0.1) is 17.6 Å². The molecule has 1 unspecified atom stereocenters. The number of hydrogen-bond acceptors (Lipinski definition) is 1. The van der Waals surface area contributed by atoms with Crippen LogP contribution in [0.3, 0.4) is 0 Å². The minimum absolute atomic E-state index is 0.0134. The Balaban J connectivity index is 2.30. The summed E-state index contributed by atoms with van der Waals surface area (Å²) in [7, 11) is 0. The SMILES string of the molecule is CC(C)C1(Cc2cc(F)ccc2F)CCC(=O)N1. The van der Waals surface area contributed by atoms with Crippen molar-refractivity contribution < 1.29 is 13.6 Å². The lowest BCUT2D eigenvalue weighted by Gasteiger charge is -2.33. The zero-order valence-corrected chi connectivity index (χ0v) is 10.6. The smallest absolute Gasteiger partial charge is 0.220 e. The van der Waals surface area contributed by atoms with E-state index in [0.29, 0.717) is 24.8 Å². The van der Waals surface area contributed by atoms with Crippen LogP contribution in [0.2, 0.25) is 0 Å². The molecule has 2 rings (SSSR count). The molecule has 1 amide bonds.